The monoisotopic (exact) mass is 571 g/mol. The number of hydrogen-bond donors (Lipinski definition) is 0. The summed E-state index contributed by atoms with van der Waals surface area (Å²) >= 11 is 0. The summed E-state index contributed by atoms with van der Waals surface area (Å²) in [4.78, 5) is 40.1. The molecule has 0 fully saturated rings. The van der Waals surface area contributed by atoms with Crippen LogP contribution in [0.15, 0.2) is 36.4 Å². The van der Waals surface area contributed by atoms with Crippen molar-refractivity contribution in [3.8, 4) is 11.5 Å². The molecule has 38 heavy (non-hydrogen) atoms. The van der Waals surface area contributed by atoms with Crippen molar-refractivity contribution < 1.29 is 50.1 Å². The van der Waals surface area contributed by atoms with Crippen molar-refractivity contribution in [1.82, 2.24) is 4.90 Å². The summed E-state index contributed by atoms with van der Waals surface area (Å²) in [5.41, 5.74) is -0.459. The molecule has 0 saturated carbocycles. The second kappa shape index (κ2) is 14.9. The van der Waals surface area contributed by atoms with Gasteiger partial charge in [0.1, 0.15) is 16.8 Å². The first-order valence-corrected chi connectivity index (χ1v) is 12.2. The molecule has 9 heteroatoms. The molecule has 2 aromatic rings. The fourth-order valence-corrected chi connectivity index (χ4v) is 4.09. The fourth-order valence-electron chi connectivity index (χ4n) is 4.09. The summed E-state index contributed by atoms with van der Waals surface area (Å²) in [6, 6.07) is 13.4. The Morgan fingerprint density at radius 1 is 1.00 bits per heavy atom. The molecule has 0 heterocycles. The average molecular weight is 572 g/mol. The smallest absolute Gasteiger partial charge is 0.316 e. The average Bonchev–Trinajstić information content (AvgIpc) is 2.88. The Hall–Kier alpha value is -2.88. The van der Waals surface area contributed by atoms with E-state index in [-0.39, 0.29) is 23.2 Å². The third kappa shape index (κ3) is 8.57. The Morgan fingerprint density at radius 3 is 2.24 bits per heavy atom. The number of ether oxygens (including phenoxy) is 4. The molecule has 2 aromatic carbocycles. The zero-order chi connectivity index (χ0) is 27.6. The van der Waals surface area contributed by atoms with E-state index in [1.54, 1.807) is 45.0 Å². The van der Waals surface area contributed by atoms with Gasteiger partial charge in [-0.3, -0.25) is 14.4 Å². The number of likely N-dealkylation sites (N-methyl/N-ethyl adjacent to an activating group) is 1. The molecule has 1 unspecified atom stereocenters. The largest absolute Gasteiger partial charge is 0.523 e. The first kappa shape index (κ1) is 33.1. The molecule has 8 nitrogen and oxygen atoms in total. The van der Waals surface area contributed by atoms with Gasteiger partial charge in [-0.15, -0.1) is 17.7 Å². The van der Waals surface area contributed by atoms with Crippen LogP contribution in [-0.4, -0.2) is 70.2 Å². The van der Waals surface area contributed by atoms with Crippen LogP contribution < -0.4 is 9.47 Å². The van der Waals surface area contributed by atoms with Crippen LogP contribution in [-0.2, 0) is 47.7 Å². The van der Waals surface area contributed by atoms with Crippen LogP contribution in [0.5, 0.6) is 11.5 Å². The number of nitrogens with zero attached hydrogens (tertiary/aromatic N) is 1. The van der Waals surface area contributed by atoms with Gasteiger partial charge in [-0.2, -0.15) is 12.1 Å². The van der Waals surface area contributed by atoms with Crippen molar-refractivity contribution in [3.05, 3.63) is 59.2 Å². The van der Waals surface area contributed by atoms with Gasteiger partial charge in [0.2, 0.25) is 0 Å². The molecule has 0 aliphatic carbocycles. The van der Waals surface area contributed by atoms with E-state index in [1.165, 1.54) is 21.3 Å². The zero-order valence-electron chi connectivity index (χ0n) is 23.2. The van der Waals surface area contributed by atoms with Gasteiger partial charge >= 0.3 is 11.9 Å². The Morgan fingerprint density at radius 2 is 1.71 bits per heavy atom. The molecule has 0 aliphatic heterocycles. The molecule has 0 amide bonds. The molecule has 211 valence electrons. The summed E-state index contributed by atoms with van der Waals surface area (Å²) in [7, 11) is 6.29. The van der Waals surface area contributed by atoms with Crippen molar-refractivity contribution >= 4 is 18.2 Å². The Kier molecular flexibility index (Phi) is 13.0. The molecule has 0 N–H and O–H groups in total. The third-order valence-electron chi connectivity index (χ3n) is 6.07. The minimum absolute atomic E-state index is 0. The number of benzene rings is 2. The number of aldehydes is 1. The van der Waals surface area contributed by atoms with Crippen LogP contribution in [0.2, 0.25) is 0 Å². The van der Waals surface area contributed by atoms with E-state index in [0.717, 1.165) is 24.8 Å². The van der Waals surface area contributed by atoms with Crippen molar-refractivity contribution in [2.45, 2.75) is 51.0 Å². The minimum atomic E-state index is -1.64. The van der Waals surface area contributed by atoms with E-state index < -0.39 is 23.0 Å². The summed E-state index contributed by atoms with van der Waals surface area (Å²) in [6.07, 6.45) is 2.23. The Bertz CT molecular complexity index is 1070. The Balaban J connectivity index is 0.00000722. The van der Waals surface area contributed by atoms with E-state index in [0.29, 0.717) is 35.6 Å². The van der Waals surface area contributed by atoms with Crippen LogP contribution in [0.1, 0.15) is 55.1 Å². The molecule has 0 spiro atoms. The summed E-state index contributed by atoms with van der Waals surface area (Å²) in [5, 5.41) is 0. The van der Waals surface area contributed by atoms with Gasteiger partial charge in [-0.1, -0.05) is 6.07 Å². The van der Waals surface area contributed by atoms with E-state index in [4.69, 9.17) is 18.9 Å². The number of carbonyl (C=O) groups excluding carboxylic acids is 3. The predicted octanol–water partition coefficient (Wildman–Crippen LogP) is 4.02. The molecule has 2 rings (SSSR count). The van der Waals surface area contributed by atoms with Gasteiger partial charge in [0.15, 0.2) is 6.29 Å². The van der Waals surface area contributed by atoms with Crippen LogP contribution >= 0.6 is 0 Å². The number of carbonyl (C=O) groups is 3. The van der Waals surface area contributed by atoms with Crippen LogP contribution in [0, 0.1) is 6.07 Å². The van der Waals surface area contributed by atoms with Gasteiger partial charge in [-0.25, -0.2) is 0 Å². The topological polar surface area (TPSA) is 91.4 Å². The number of hydrogen-bond acceptors (Lipinski definition) is 8. The van der Waals surface area contributed by atoms with Gasteiger partial charge in [0, 0.05) is 29.1 Å². The first-order valence-electron chi connectivity index (χ1n) is 12.2. The quantitative estimate of drug-likeness (QED) is 0.154. The maximum absolute atomic E-state index is 13.5. The maximum atomic E-state index is 13.5. The fraction of sp³-hybridized carbons (Fsp3) is 0.483. The van der Waals surface area contributed by atoms with Crippen molar-refractivity contribution in [2.24, 2.45) is 0 Å². The molecular formula is C29H38CoNO7-. The SMILES string of the molecule is COC(=O)C(CCCN(C)CCc1ccc(OC)c(C=O)c1)(C(=O)OC(C)(C)C)c1c[c-]c(OC)cc1.[Co]. The molecular weight excluding hydrogens is 533 g/mol. The maximum Gasteiger partial charge on any atom is 0.316 e. The van der Waals surface area contributed by atoms with Crippen LogP contribution in [0.4, 0.5) is 0 Å². The van der Waals surface area contributed by atoms with Crippen LogP contribution in [0.25, 0.3) is 0 Å². The van der Waals surface area contributed by atoms with Gasteiger partial charge < -0.3 is 23.8 Å². The first-order chi connectivity index (χ1) is 17.5. The van der Waals surface area contributed by atoms with E-state index in [9.17, 15) is 14.4 Å². The number of esters is 2. The molecule has 0 bridgehead atoms. The van der Waals surface area contributed by atoms with Gasteiger partial charge in [-0.05, 0) is 71.3 Å². The predicted molar refractivity (Wildman–Crippen MR) is 140 cm³/mol. The van der Waals surface area contributed by atoms with Crippen molar-refractivity contribution in [2.75, 3.05) is 41.5 Å². The van der Waals surface area contributed by atoms with Crippen molar-refractivity contribution in [3.63, 3.8) is 0 Å². The second-order valence-electron chi connectivity index (χ2n) is 9.90. The number of rotatable bonds is 13. The second-order valence-corrected chi connectivity index (χ2v) is 9.90. The molecule has 1 radical (unpaired) electrons. The molecule has 0 aromatic heterocycles. The normalized spacial score (nSPS) is 12.6. The Labute approximate surface area is 236 Å². The minimum Gasteiger partial charge on any atom is -0.523 e. The molecule has 0 aliphatic rings. The van der Waals surface area contributed by atoms with E-state index in [2.05, 4.69) is 11.0 Å². The third-order valence-corrected chi connectivity index (χ3v) is 6.07. The van der Waals surface area contributed by atoms with E-state index in [1.807, 2.05) is 19.2 Å². The van der Waals surface area contributed by atoms with Crippen LogP contribution in [0.3, 0.4) is 0 Å². The van der Waals surface area contributed by atoms with Crippen molar-refractivity contribution in [1.29, 1.82) is 0 Å². The molecule has 0 saturated heterocycles. The van der Waals surface area contributed by atoms with Gasteiger partial charge in [0.25, 0.3) is 0 Å². The molecule has 1 atom stereocenters. The standard InChI is InChI=1S/C29H38NO7.Co/c1-28(2,3)37-27(33)29(26(32)36-7,23-10-12-24(34-5)13-11-23)16-8-17-30(4)18-15-21-9-14-25(35-6)22(19-21)20-31;/h9-12,14,19-20H,8,15-18H2,1-7H3;/q-1;. The van der Waals surface area contributed by atoms with Gasteiger partial charge in [0.05, 0.1) is 26.9 Å². The summed E-state index contributed by atoms with van der Waals surface area (Å²) in [5.74, 6) is -0.304. The van der Waals surface area contributed by atoms with E-state index >= 15 is 0 Å². The zero-order valence-corrected chi connectivity index (χ0v) is 24.3. The summed E-state index contributed by atoms with van der Waals surface area (Å²) < 4.78 is 21.2. The summed E-state index contributed by atoms with van der Waals surface area (Å²) in [6.45, 7) is 6.62. The number of methoxy groups -OCH3 is 3.